The molecule has 0 fully saturated rings. The lowest BCUT2D eigenvalue weighted by molar-refractivity contribution is -0.0544. The highest BCUT2D eigenvalue weighted by Gasteiger charge is 2.41. The summed E-state index contributed by atoms with van der Waals surface area (Å²) < 4.78 is 12.5. The number of hydrogen-bond acceptors (Lipinski definition) is 4. The molecule has 1 aromatic rings. The molecule has 0 aliphatic rings. The Bertz CT molecular complexity index is 625. The first-order chi connectivity index (χ1) is 12.1. The van der Waals surface area contributed by atoms with Crippen molar-refractivity contribution in [2.75, 3.05) is 0 Å². The molecule has 0 spiro atoms. The molecule has 5 heteroatoms. The molecular weight excluding hydrogens is 342 g/mol. The second-order valence-electron chi connectivity index (χ2n) is 8.03. The molecule has 0 aromatic heterocycles. The largest absolute Gasteiger partial charge is 0.410 e. The fourth-order valence-electron chi connectivity index (χ4n) is 2.29. The number of aliphatic hydroxyl groups excluding tert-OH is 1. The van der Waals surface area contributed by atoms with Crippen LogP contribution in [0.3, 0.4) is 0 Å². The van der Waals surface area contributed by atoms with Gasteiger partial charge in [-0.15, -0.1) is 6.42 Å². The number of terminal acetylenes is 1. The lowest BCUT2D eigenvalue weighted by atomic mass is 10.0. The third-order valence-electron chi connectivity index (χ3n) is 4.91. The Kier molecular flexibility index (Phi) is 8.53. The van der Waals surface area contributed by atoms with Gasteiger partial charge in [0.25, 0.3) is 0 Å². The molecule has 0 amide bonds. The number of nitriles is 1. The first-order valence-corrected chi connectivity index (χ1v) is 11.9. The van der Waals surface area contributed by atoms with Crippen molar-refractivity contribution < 1.29 is 14.3 Å². The van der Waals surface area contributed by atoms with E-state index in [1.54, 1.807) is 0 Å². The molecule has 0 radical (unpaired) electrons. The molecular formula is C21H31NO3Si. The highest BCUT2D eigenvalue weighted by molar-refractivity contribution is 6.74. The Morgan fingerprint density at radius 3 is 2.31 bits per heavy atom. The standard InChI is InChI=1S/C21H31NO3Si/c1-7-18(23)15-20(24-16-17-11-9-8-10-12-17)19(13-14-22)25-26(5,6)21(2,3)4/h1,8-12,18-20,23H,13,15-16H2,2-6H3/t18-,19-,20+/m0/s1. The smallest absolute Gasteiger partial charge is 0.192 e. The summed E-state index contributed by atoms with van der Waals surface area (Å²) in [6, 6.07) is 12.0. The molecule has 0 unspecified atom stereocenters. The van der Waals surface area contributed by atoms with Crippen molar-refractivity contribution >= 4 is 8.32 Å². The van der Waals surface area contributed by atoms with Gasteiger partial charge >= 0.3 is 0 Å². The molecule has 26 heavy (non-hydrogen) atoms. The van der Waals surface area contributed by atoms with Crippen molar-refractivity contribution in [2.24, 2.45) is 0 Å². The van der Waals surface area contributed by atoms with Gasteiger partial charge in [-0.2, -0.15) is 5.26 Å². The van der Waals surface area contributed by atoms with Gasteiger partial charge in [-0.25, -0.2) is 0 Å². The summed E-state index contributed by atoms with van der Waals surface area (Å²) in [7, 11) is -2.10. The summed E-state index contributed by atoms with van der Waals surface area (Å²) in [5.74, 6) is 2.33. The van der Waals surface area contributed by atoms with E-state index in [9.17, 15) is 10.4 Å². The predicted molar refractivity (Wildman–Crippen MR) is 107 cm³/mol. The van der Waals surface area contributed by atoms with Crippen molar-refractivity contribution in [2.45, 2.75) is 76.7 Å². The second-order valence-corrected chi connectivity index (χ2v) is 12.8. The van der Waals surface area contributed by atoms with Crippen LogP contribution in [0.2, 0.25) is 18.1 Å². The number of nitrogens with zero attached hydrogens (tertiary/aromatic N) is 1. The van der Waals surface area contributed by atoms with Gasteiger partial charge in [0.05, 0.1) is 31.3 Å². The van der Waals surface area contributed by atoms with Crippen molar-refractivity contribution in [3.05, 3.63) is 35.9 Å². The second kappa shape index (κ2) is 9.90. The third-order valence-corrected chi connectivity index (χ3v) is 9.42. The minimum atomic E-state index is -2.10. The minimum Gasteiger partial charge on any atom is -0.410 e. The topological polar surface area (TPSA) is 62.5 Å². The van der Waals surface area contributed by atoms with E-state index in [0.717, 1.165) is 5.56 Å². The van der Waals surface area contributed by atoms with Crippen LogP contribution in [-0.2, 0) is 15.8 Å². The third kappa shape index (κ3) is 6.94. The molecule has 142 valence electrons. The number of aliphatic hydroxyl groups is 1. The summed E-state index contributed by atoms with van der Waals surface area (Å²) in [5.41, 5.74) is 1.02. The summed E-state index contributed by atoms with van der Waals surface area (Å²) >= 11 is 0. The van der Waals surface area contributed by atoms with Gasteiger partial charge in [0.15, 0.2) is 8.32 Å². The molecule has 0 aliphatic carbocycles. The molecule has 0 saturated heterocycles. The summed E-state index contributed by atoms with van der Waals surface area (Å²) in [5, 5.41) is 19.3. The molecule has 0 saturated carbocycles. The van der Waals surface area contributed by atoms with Crippen molar-refractivity contribution in [3.8, 4) is 18.4 Å². The van der Waals surface area contributed by atoms with Gasteiger partial charge in [-0.1, -0.05) is 57.0 Å². The fourth-order valence-corrected chi connectivity index (χ4v) is 3.63. The van der Waals surface area contributed by atoms with Crippen molar-refractivity contribution in [1.82, 2.24) is 0 Å². The Morgan fingerprint density at radius 2 is 1.81 bits per heavy atom. The van der Waals surface area contributed by atoms with Crippen LogP contribution in [0.4, 0.5) is 0 Å². The minimum absolute atomic E-state index is 0.00934. The van der Waals surface area contributed by atoms with Crippen LogP contribution in [0.15, 0.2) is 30.3 Å². The average Bonchev–Trinajstić information content (AvgIpc) is 2.57. The van der Waals surface area contributed by atoms with E-state index in [1.165, 1.54) is 0 Å². The average molecular weight is 374 g/mol. The monoisotopic (exact) mass is 373 g/mol. The summed E-state index contributed by atoms with van der Waals surface area (Å²) in [6.07, 6.45) is 3.98. The van der Waals surface area contributed by atoms with Gasteiger partial charge in [0.2, 0.25) is 0 Å². The molecule has 3 atom stereocenters. The molecule has 1 aromatic carbocycles. The Morgan fingerprint density at radius 1 is 1.19 bits per heavy atom. The van der Waals surface area contributed by atoms with Gasteiger partial charge in [-0.3, -0.25) is 0 Å². The van der Waals surface area contributed by atoms with Crippen LogP contribution >= 0.6 is 0 Å². The van der Waals surface area contributed by atoms with Crippen LogP contribution in [-0.4, -0.2) is 31.7 Å². The molecule has 1 N–H and O–H groups in total. The molecule has 4 nitrogen and oxygen atoms in total. The molecule has 0 bridgehead atoms. The molecule has 0 heterocycles. The van der Waals surface area contributed by atoms with Gasteiger partial charge in [-0.05, 0) is 23.7 Å². The Labute approximate surface area is 159 Å². The van der Waals surface area contributed by atoms with Gasteiger partial charge < -0.3 is 14.3 Å². The van der Waals surface area contributed by atoms with E-state index in [0.29, 0.717) is 6.61 Å². The molecule has 0 aliphatic heterocycles. The zero-order valence-corrected chi connectivity index (χ0v) is 17.5. The number of ether oxygens (including phenoxy) is 1. The lowest BCUT2D eigenvalue weighted by Gasteiger charge is -2.41. The first-order valence-electron chi connectivity index (χ1n) is 8.95. The van der Waals surface area contributed by atoms with Crippen LogP contribution < -0.4 is 0 Å². The van der Waals surface area contributed by atoms with Crippen LogP contribution in [0.25, 0.3) is 0 Å². The van der Waals surface area contributed by atoms with Crippen molar-refractivity contribution in [1.29, 1.82) is 5.26 Å². The predicted octanol–water partition coefficient (Wildman–Crippen LogP) is 4.26. The van der Waals surface area contributed by atoms with Crippen molar-refractivity contribution in [3.63, 3.8) is 0 Å². The fraction of sp³-hybridized carbons (Fsp3) is 0.571. The maximum absolute atomic E-state index is 9.96. The lowest BCUT2D eigenvalue weighted by Crippen LogP contribution is -2.48. The SMILES string of the molecule is C#C[C@H](O)C[C@@H](OCc1ccccc1)[C@H](CC#N)O[Si](C)(C)C(C)(C)C. The normalized spacial score (nSPS) is 15.5. The first kappa shape index (κ1) is 22.4. The van der Waals surface area contributed by atoms with Gasteiger partial charge in [0.1, 0.15) is 6.10 Å². The van der Waals surface area contributed by atoms with Gasteiger partial charge in [0, 0.05) is 6.42 Å². The maximum Gasteiger partial charge on any atom is 0.192 e. The quantitative estimate of drug-likeness (QED) is 0.519. The highest BCUT2D eigenvalue weighted by Crippen LogP contribution is 2.38. The highest BCUT2D eigenvalue weighted by atomic mass is 28.4. The van der Waals surface area contributed by atoms with Crippen LogP contribution in [0.5, 0.6) is 0 Å². The van der Waals surface area contributed by atoms with E-state index < -0.39 is 26.6 Å². The van der Waals surface area contributed by atoms with E-state index in [4.69, 9.17) is 15.6 Å². The zero-order chi connectivity index (χ0) is 19.8. The Hall–Kier alpha value is -1.63. The maximum atomic E-state index is 9.96. The number of benzene rings is 1. The number of rotatable bonds is 9. The van der Waals surface area contributed by atoms with E-state index in [2.05, 4.69) is 45.9 Å². The Balaban J connectivity index is 2.98. The van der Waals surface area contributed by atoms with E-state index in [-0.39, 0.29) is 17.9 Å². The van der Waals surface area contributed by atoms with E-state index >= 15 is 0 Å². The van der Waals surface area contributed by atoms with Crippen LogP contribution in [0.1, 0.15) is 39.2 Å². The van der Waals surface area contributed by atoms with E-state index in [1.807, 2.05) is 30.3 Å². The molecule has 1 rings (SSSR count). The van der Waals surface area contributed by atoms with Crippen LogP contribution in [0, 0.1) is 23.7 Å². The number of hydrogen-bond donors (Lipinski definition) is 1. The zero-order valence-electron chi connectivity index (χ0n) is 16.5. The summed E-state index contributed by atoms with van der Waals surface area (Å²) in [4.78, 5) is 0. The summed E-state index contributed by atoms with van der Waals surface area (Å²) in [6.45, 7) is 11.1.